The number of hydrogen-bond acceptors (Lipinski definition) is 6. The van der Waals surface area contributed by atoms with Crippen LogP contribution < -0.4 is 0 Å². The largest absolute Gasteiger partial charge is 0.367 e. The number of carbonyl (C=O) groups excluding carboxylic acids is 1. The van der Waals surface area contributed by atoms with E-state index in [0.717, 1.165) is 16.8 Å². The van der Waals surface area contributed by atoms with Gasteiger partial charge in [-0.3, -0.25) is 20.5 Å². The Bertz CT molecular complexity index is 531. The van der Waals surface area contributed by atoms with Crippen molar-refractivity contribution in [3.63, 3.8) is 0 Å². The lowest BCUT2D eigenvalue weighted by molar-refractivity contribution is -0.179. The number of nitrogens with one attached hydrogen (secondary N) is 2. The van der Waals surface area contributed by atoms with Gasteiger partial charge in [-0.05, 0) is 12.5 Å². The van der Waals surface area contributed by atoms with Crippen LogP contribution in [0.15, 0.2) is 24.3 Å². The van der Waals surface area contributed by atoms with Crippen LogP contribution in [-0.4, -0.2) is 42.3 Å². The summed E-state index contributed by atoms with van der Waals surface area (Å²) >= 11 is 1.08. The van der Waals surface area contributed by atoms with Crippen molar-refractivity contribution in [2.24, 2.45) is 0 Å². The Kier molecular flexibility index (Phi) is 6.54. The number of amides is 1. The fourth-order valence-corrected chi connectivity index (χ4v) is 2.22. The summed E-state index contributed by atoms with van der Waals surface area (Å²) in [6, 6.07) is 6.94. The first-order valence-corrected chi connectivity index (χ1v) is 6.98. The van der Waals surface area contributed by atoms with Crippen molar-refractivity contribution in [1.29, 1.82) is 10.8 Å². The molecule has 114 valence electrons. The van der Waals surface area contributed by atoms with Gasteiger partial charge in [0, 0.05) is 19.7 Å². The van der Waals surface area contributed by atoms with Crippen LogP contribution in [0.3, 0.4) is 0 Å². The fourth-order valence-electron chi connectivity index (χ4n) is 1.66. The predicted octanol–water partition coefficient (Wildman–Crippen LogP) is 2.45. The van der Waals surface area contributed by atoms with Crippen LogP contribution in [0.1, 0.15) is 24.2 Å². The second-order valence-electron chi connectivity index (χ2n) is 4.24. The van der Waals surface area contributed by atoms with Crippen LogP contribution in [0.5, 0.6) is 0 Å². The molecule has 0 bridgehead atoms. The predicted molar refractivity (Wildman–Crippen MR) is 83.8 cm³/mol. The summed E-state index contributed by atoms with van der Waals surface area (Å²) in [7, 11) is 4.38. The van der Waals surface area contributed by atoms with E-state index in [-0.39, 0.29) is 5.91 Å². The lowest BCUT2D eigenvalue weighted by Crippen LogP contribution is -2.31. The van der Waals surface area contributed by atoms with Crippen LogP contribution in [0, 0.1) is 10.8 Å². The van der Waals surface area contributed by atoms with Gasteiger partial charge in [-0.1, -0.05) is 36.0 Å². The van der Waals surface area contributed by atoms with Crippen molar-refractivity contribution in [1.82, 2.24) is 5.06 Å². The topological polar surface area (TPSA) is 86.5 Å². The molecule has 21 heavy (non-hydrogen) atoms. The monoisotopic (exact) mass is 309 g/mol. The second kappa shape index (κ2) is 7.92. The minimum Gasteiger partial charge on any atom is -0.367 e. The third-order valence-corrected chi connectivity index (χ3v) is 3.52. The average Bonchev–Trinajstić information content (AvgIpc) is 2.47. The maximum absolute atomic E-state index is 12.1. The van der Waals surface area contributed by atoms with E-state index in [1.54, 1.807) is 31.2 Å². The number of ether oxygens (including phenoxy) is 1. The van der Waals surface area contributed by atoms with Gasteiger partial charge in [0.25, 0.3) is 5.91 Å². The zero-order valence-corrected chi connectivity index (χ0v) is 13.3. The van der Waals surface area contributed by atoms with Gasteiger partial charge < -0.3 is 4.74 Å². The molecule has 1 atom stereocenters. The van der Waals surface area contributed by atoms with E-state index in [1.165, 1.54) is 21.3 Å². The van der Waals surface area contributed by atoms with Gasteiger partial charge in [0.1, 0.15) is 5.04 Å². The SMILES string of the molecule is COC(C(=O)N(C)OC)c1ccc(C(=N)SC(C)=N)cc1. The molecule has 0 aliphatic heterocycles. The first-order chi connectivity index (χ1) is 9.90. The summed E-state index contributed by atoms with van der Waals surface area (Å²) in [5, 5.41) is 17.0. The van der Waals surface area contributed by atoms with Crippen LogP contribution >= 0.6 is 11.8 Å². The number of methoxy groups -OCH3 is 1. The Hall–Kier alpha value is -1.70. The molecule has 0 radical (unpaired) electrons. The highest BCUT2D eigenvalue weighted by Gasteiger charge is 2.24. The molecular formula is C14H19N3O3S. The standard InChI is InChI=1S/C14H19N3O3S/c1-9(15)21-13(16)11-7-5-10(6-8-11)12(19-3)14(18)17(2)20-4/h5-8,12,15-16H,1-4H3. The molecule has 0 saturated heterocycles. The van der Waals surface area contributed by atoms with Gasteiger partial charge in [0.05, 0.1) is 12.2 Å². The van der Waals surface area contributed by atoms with Crippen LogP contribution in [-0.2, 0) is 14.4 Å². The van der Waals surface area contributed by atoms with Crippen molar-refractivity contribution in [2.45, 2.75) is 13.0 Å². The van der Waals surface area contributed by atoms with Crippen molar-refractivity contribution >= 4 is 27.8 Å². The third kappa shape index (κ3) is 4.66. The molecule has 2 N–H and O–H groups in total. The highest BCUT2D eigenvalue weighted by molar-refractivity contribution is 8.26. The van der Waals surface area contributed by atoms with Gasteiger partial charge in [-0.25, -0.2) is 5.06 Å². The summed E-state index contributed by atoms with van der Waals surface area (Å²) < 4.78 is 5.22. The minimum atomic E-state index is -0.754. The molecular weight excluding hydrogens is 290 g/mol. The van der Waals surface area contributed by atoms with Crippen molar-refractivity contribution < 1.29 is 14.4 Å². The lowest BCUT2D eigenvalue weighted by Gasteiger charge is -2.21. The number of benzene rings is 1. The maximum Gasteiger partial charge on any atom is 0.279 e. The Morgan fingerprint density at radius 2 is 1.81 bits per heavy atom. The first kappa shape index (κ1) is 17.4. The van der Waals surface area contributed by atoms with E-state index in [4.69, 9.17) is 20.4 Å². The Labute approximate surface area is 128 Å². The van der Waals surface area contributed by atoms with Gasteiger partial charge >= 0.3 is 0 Å². The number of hydrogen-bond donors (Lipinski definition) is 2. The number of hydroxylamine groups is 2. The molecule has 0 aliphatic rings. The number of nitrogens with zero attached hydrogens (tertiary/aromatic N) is 1. The molecule has 1 rings (SSSR count). The lowest BCUT2D eigenvalue weighted by atomic mass is 10.1. The van der Waals surface area contributed by atoms with Crippen molar-refractivity contribution in [3.05, 3.63) is 35.4 Å². The Morgan fingerprint density at radius 1 is 1.24 bits per heavy atom. The minimum absolute atomic E-state index is 0.295. The zero-order chi connectivity index (χ0) is 16.0. The normalized spacial score (nSPS) is 11.8. The quantitative estimate of drug-likeness (QED) is 0.497. The summed E-state index contributed by atoms with van der Waals surface area (Å²) in [4.78, 5) is 16.9. The highest BCUT2D eigenvalue weighted by atomic mass is 32.2. The molecule has 0 aliphatic carbocycles. The number of thioether (sulfide) groups is 1. The summed E-state index contributed by atoms with van der Waals surface area (Å²) in [6.07, 6.45) is -0.754. The summed E-state index contributed by atoms with van der Waals surface area (Å²) in [6.45, 7) is 1.63. The molecule has 1 aromatic carbocycles. The van der Waals surface area contributed by atoms with Gasteiger partial charge in [-0.15, -0.1) is 0 Å². The van der Waals surface area contributed by atoms with Crippen LogP contribution in [0.4, 0.5) is 0 Å². The van der Waals surface area contributed by atoms with Gasteiger partial charge in [0.2, 0.25) is 0 Å². The van der Waals surface area contributed by atoms with E-state index in [0.29, 0.717) is 21.2 Å². The van der Waals surface area contributed by atoms with Gasteiger partial charge in [0.15, 0.2) is 6.10 Å². The van der Waals surface area contributed by atoms with Crippen LogP contribution in [0.2, 0.25) is 0 Å². The Morgan fingerprint density at radius 3 is 2.24 bits per heavy atom. The van der Waals surface area contributed by atoms with Crippen molar-refractivity contribution in [2.75, 3.05) is 21.3 Å². The van der Waals surface area contributed by atoms with E-state index >= 15 is 0 Å². The van der Waals surface area contributed by atoms with Crippen molar-refractivity contribution in [3.8, 4) is 0 Å². The molecule has 0 aromatic heterocycles. The smallest absolute Gasteiger partial charge is 0.279 e. The van der Waals surface area contributed by atoms with E-state index < -0.39 is 6.10 Å². The molecule has 0 heterocycles. The van der Waals surface area contributed by atoms with E-state index in [2.05, 4.69) is 0 Å². The van der Waals surface area contributed by atoms with E-state index in [1.807, 2.05) is 0 Å². The first-order valence-electron chi connectivity index (χ1n) is 6.17. The molecule has 0 fully saturated rings. The summed E-state index contributed by atoms with van der Waals surface area (Å²) in [5.74, 6) is -0.312. The average molecular weight is 309 g/mol. The second-order valence-corrected chi connectivity index (χ2v) is 5.47. The maximum atomic E-state index is 12.1. The molecule has 0 saturated carbocycles. The Balaban J connectivity index is 2.92. The number of rotatable bonds is 5. The van der Waals surface area contributed by atoms with Gasteiger partial charge in [-0.2, -0.15) is 0 Å². The molecule has 6 nitrogen and oxygen atoms in total. The highest BCUT2D eigenvalue weighted by Crippen LogP contribution is 2.21. The third-order valence-electron chi connectivity index (χ3n) is 2.77. The number of carbonyl (C=O) groups is 1. The fraction of sp³-hybridized carbons (Fsp3) is 0.357. The number of likely N-dealkylation sites (N-methyl/N-ethyl adjacent to an activating group) is 1. The zero-order valence-electron chi connectivity index (χ0n) is 12.5. The van der Waals surface area contributed by atoms with Crippen LogP contribution in [0.25, 0.3) is 0 Å². The molecule has 7 heteroatoms. The van der Waals surface area contributed by atoms with E-state index in [9.17, 15) is 4.79 Å². The molecule has 1 aromatic rings. The molecule has 1 amide bonds. The molecule has 1 unspecified atom stereocenters. The molecule has 0 spiro atoms. The summed E-state index contributed by atoms with van der Waals surface area (Å²) in [5.41, 5.74) is 1.37.